The Morgan fingerprint density at radius 1 is 0.872 bits per heavy atom. The Kier molecular flexibility index (Phi) is 10.3. The van der Waals surface area contributed by atoms with Gasteiger partial charge in [0.1, 0.15) is 12.1 Å². The van der Waals surface area contributed by atoms with Crippen LogP contribution in [0.25, 0.3) is 6.08 Å². The largest absolute Gasteiger partial charge is 0.352 e. The summed E-state index contributed by atoms with van der Waals surface area (Å²) >= 11 is 0. The Hall–Kier alpha value is -3.94. The maximum absolute atomic E-state index is 13.1. The minimum absolute atomic E-state index is 0.128. The molecule has 2 aliphatic rings. The zero-order chi connectivity index (χ0) is 27.5. The topological polar surface area (TPSA) is 108 Å². The maximum Gasteiger partial charge on any atom is 0.247 e. The SMILES string of the molecule is O=C(CNC(=O)[C@@H]1CCCN1C(=O)/C=C/c1ccccc1)N[C@@H](Cc1ccccc1)C(=O)NC1CCCCC1. The van der Waals surface area contributed by atoms with E-state index < -0.39 is 18.0 Å². The number of nitrogens with zero attached hydrogens (tertiary/aromatic N) is 1. The maximum atomic E-state index is 13.1. The van der Waals surface area contributed by atoms with Gasteiger partial charge in [-0.2, -0.15) is 0 Å². The molecule has 206 valence electrons. The quantitative estimate of drug-likeness (QED) is 0.411. The summed E-state index contributed by atoms with van der Waals surface area (Å²) in [7, 11) is 0. The molecule has 2 fully saturated rings. The molecule has 8 heteroatoms. The van der Waals surface area contributed by atoms with Crippen LogP contribution in [-0.2, 0) is 25.6 Å². The van der Waals surface area contributed by atoms with E-state index in [0.717, 1.165) is 43.2 Å². The molecule has 0 aromatic heterocycles. The van der Waals surface area contributed by atoms with E-state index in [2.05, 4.69) is 16.0 Å². The van der Waals surface area contributed by atoms with Gasteiger partial charge in [0.25, 0.3) is 0 Å². The first-order chi connectivity index (χ1) is 19.0. The Morgan fingerprint density at radius 3 is 2.28 bits per heavy atom. The van der Waals surface area contributed by atoms with Crippen LogP contribution in [0.1, 0.15) is 56.1 Å². The zero-order valence-corrected chi connectivity index (χ0v) is 22.3. The number of amides is 4. The van der Waals surface area contributed by atoms with Crippen LogP contribution in [0.4, 0.5) is 0 Å². The molecule has 2 aromatic carbocycles. The summed E-state index contributed by atoms with van der Waals surface area (Å²) in [5.41, 5.74) is 1.84. The minimum atomic E-state index is -0.744. The van der Waals surface area contributed by atoms with Crippen molar-refractivity contribution in [1.82, 2.24) is 20.9 Å². The summed E-state index contributed by atoms with van der Waals surface area (Å²) in [5.74, 6) is -1.25. The highest BCUT2D eigenvalue weighted by atomic mass is 16.2. The summed E-state index contributed by atoms with van der Waals surface area (Å²) in [4.78, 5) is 53.2. The summed E-state index contributed by atoms with van der Waals surface area (Å²) in [6.07, 6.45) is 10.1. The fourth-order valence-electron chi connectivity index (χ4n) is 5.27. The van der Waals surface area contributed by atoms with Gasteiger partial charge in [0.15, 0.2) is 0 Å². The molecule has 4 amide bonds. The van der Waals surface area contributed by atoms with Gasteiger partial charge in [-0.15, -0.1) is 0 Å². The number of rotatable bonds is 10. The first-order valence-electron chi connectivity index (χ1n) is 13.9. The van der Waals surface area contributed by atoms with Crippen molar-refractivity contribution in [2.75, 3.05) is 13.1 Å². The van der Waals surface area contributed by atoms with E-state index in [1.165, 1.54) is 12.5 Å². The fraction of sp³-hybridized carbons (Fsp3) is 0.419. The molecule has 39 heavy (non-hydrogen) atoms. The van der Waals surface area contributed by atoms with E-state index in [1.807, 2.05) is 60.7 Å². The lowest BCUT2D eigenvalue weighted by molar-refractivity contribution is -0.136. The number of hydrogen-bond acceptors (Lipinski definition) is 4. The van der Waals surface area contributed by atoms with Gasteiger partial charge >= 0.3 is 0 Å². The number of likely N-dealkylation sites (tertiary alicyclic amines) is 1. The van der Waals surface area contributed by atoms with Crippen molar-refractivity contribution in [1.29, 1.82) is 0 Å². The number of carbonyl (C=O) groups excluding carboxylic acids is 4. The van der Waals surface area contributed by atoms with E-state index in [1.54, 1.807) is 11.0 Å². The highest BCUT2D eigenvalue weighted by molar-refractivity contribution is 5.97. The Bertz CT molecular complexity index is 1150. The monoisotopic (exact) mass is 530 g/mol. The minimum Gasteiger partial charge on any atom is -0.352 e. The highest BCUT2D eigenvalue weighted by Crippen LogP contribution is 2.19. The molecule has 1 heterocycles. The fourth-order valence-corrected chi connectivity index (χ4v) is 5.27. The van der Waals surface area contributed by atoms with Crippen molar-refractivity contribution < 1.29 is 19.2 Å². The molecule has 0 radical (unpaired) electrons. The van der Waals surface area contributed by atoms with Crippen LogP contribution in [-0.4, -0.2) is 59.7 Å². The van der Waals surface area contributed by atoms with E-state index >= 15 is 0 Å². The molecule has 1 aliphatic heterocycles. The second kappa shape index (κ2) is 14.3. The standard InChI is InChI=1S/C31H38N4O4/c36-28(34-26(21-24-13-6-2-7-14-24)30(38)33-25-15-8-3-9-16-25)22-32-31(39)27-17-10-20-35(27)29(37)19-18-23-11-4-1-5-12-23/h1-2,4-7,11-14,18-19,25-27H,3,8-10,15-17,20-22H2,(H,32,39)(H,33,38)(H,34,36)/b19-18+/t26-,27-/m0/s1. The average Bonchev–Trinajstić information content (AvgIpc) is 3.46. The number of carbonyl (C=O) groups is 4. The highest BCUT2D eigenvalue weighted by Gasteiger charge is 2.33. The molecule has 2 atom stereocenters. The van der Waals surface area contributed by atoms with Gasteiger partial charge in [0.05, 0.1) is 6.54 Å². The molecule has 0 bridgehead atoms. The van der Waals surface area contributed by atoms with Crippen LogP contribution in [0.2, 0.25) is 0 Å². The van der Waals surface area contributed by atoms with Gasteiger partial charge in [-0.1, -0.05) is 79.9 Å². The lowest BCUT2D eigenvalue weighted by Gasteiger charge is -2.26. The van der Waals surface area contributed by atoms with Gasteiger partial charge in [-0.05, 0) is 42.9 Å². The number of nitrogens with one attached hydrogen (secondary N) is 3. The normalized spacial score (nSPS) is 18.5. The van der Waals surface area contributed by atoms with Crippen molar-refractivity contribution >= 4 is 29.7 Å². The Labute approximate surface area is 230 Å². The van der Waals surface area contributed by atoms with Gasteiger partial charge in [0, 0.05) is 25.1 Å². The lowest BCUT2D eigenvalue weighted by Crippen LogP contribution is -2.53. The third kappa shape index (κ3) is 8.53. The van der Waals surface area contributed by atoms with Crippen LogP contribution >= 0.6 is 0 Å². The van der Waals surface area contributed by atoms with E-state index in [-0.39, 0.29) is 30.3 Å². The lowest BCUT2D eigenvalue weighted by atomic mass is 9.95. The first kappa shape index (κ1) is 28.1. The van der Waals surface area contributed by atoms with Gasteiger partial charge in [0.2, 0.25) is 23.6 Å². The number of benzene rings is 2. The first-order valence-corrected chi connectivity index (χ1v) is 13.9. The molecule has 2 aromatic rings. The summed E-state index contributed by atoms with van der Waals surface area (Å²) < 4.78 is 0. The second-order valence-electron chi connectivity index (χ2n) is 10.3. The zero-order valence-electron chi connectivity index (χ0n) is 22.3. The van der Waals surface area contributed by atoms with Crippen LogP contribution in [0.5, 0.6) is 0 Å². The summed E-state index contributed by atoms with van der Waals surface area (Å²) in [6.45, 7) is 0.224. The van der Waals surface area contributed by atoms with E-state index in [4.69, 9.17) is 0 Å². The van der Waals surface area contributed by atoms with Crippen molar-refractivity contribution in [3.05, 3.63) is 77.9 Å². The van der Waals surface area contributed by atoms with Crippen molar-refractivity contribution in [3.8, 4) is 0 Å². The molecular weight excluding hydrogens is 492 g/mol. The Morgan fingerprint density at radius 2 is 1.56 bits per heavy atom. The van der Waals surface area contributed by atoms with Crippen LogP contribution < -0.4 is 16.0 Å². The van der Waals surface area contributed by atoms with Crippen molar-refractivity contribution in [2.45, 2.75) is 69.5 Å². The summed E-state index contributed by atoms with van der Waals surface area (Å²) in [5, 5.41) is 8.59. The van der Waals surface area contributed by atoms with Crippen LogP contribution in [0.15, 0.2) is 66.7 Å². The second-order valence-corrected chi connectivity index (χ2v) is 10.3. The molecular formula is C31H38N4O4. The smallest absolute Gasteiger partial charge is 0.247 e. The third-order valence-corrected chi connectivity index (χ3v) is 7.37. The third-order valence-electron chi connectivity index (χ3n) is 7.37. The molecule has 1 aliphatic carbocycles. The molecule has 0 spiro atoms. The molecule has 0 unspecified atom stereocenters. The van der Waals surface area contributed by atoms with E-state index in [0.29, 0.717) is 19.4 Å². The predicted octanol–water partition coefficient (Wildman–Crippen LogP) is 2.98. The van der Waals surface area contributed by atoms with Crippen LogP contribution in [0.3, 0.4) is 0 Å². The van der Waals surface area contributed by atoms with E-state index in [9.17, 15) is 19.2 Å². The Balaban J connectivity index is 1.31. The molecule has 4 rings (SSSR count). The van der Waals surface area contributed by atoms with Gasteiger partial charge in [-0.3, -0.25) is 19.2 Å². The van der Waals surface area contributed by atoms with Crippen LogP contribution in [0, 0.1) is 0 Å². The predicted molar refractivity (Wildman–Crippen MR) is 150 cm³/mol. The molecule has 8 nitrogen and oxygen atoms in total. The molecule has 1 saturated carbocycles. The number of hydrogen-bond donors (Lipinski definition) is 3. The van der Waals surface area contributed by atoms with Gasteiger partial charge in [-0.25, -0.2) is 0 Å². The van der Waals surface area contributed by atoms with Gasteiger partial charge < -0.3 is 20.9 Å². The molecule has 1 saturated heterocycles. The van der Waals surface area contributed by atoms with Crippen molar-refractivity contribution in [2.24, 2.45) is 0 Å². The van der Waals surface area contributed by atoms with Crippen molar-refractivity contribution in [3.63, 3.8) is 0 Å². The summed E-state index contributed by atoms with van der Waals surface area (Å²) in [6, 6.07) is 17.8. The molecule has 3 N–H and O–H groups in total. The average molecular weight is 531 g/mol.